The summed E-state index contributed by atoms with van der Waals surface area (Å²) in [6, 6.07) is 0. The topological polar surface area (TPSA) is 51.3 Å². The number of aromatic nitrogens is 2. The Balaban J connectivity index is 3.06. The predicted octanol–water partition coefficient (Wildman–Crippen LogP) is -0.0744. The second-order valence-corrected chi connectivity index (χ2v) is 2.66. The molecule has 0 amide bonds. The van der Waals surface area contributed by atoms with Gasteiger partial charge in [-0.2, -0.15) is 0 Å². The van der Waals surface area contributed by atoms with Crippen LogP contribution in [0.15, 0.2) is 9.32 Å². The molecular weight excluding hydrogens is 170 g/mol. The Morgan fingerprint density at radius 2 is 2.31 bits per heavy atom. The molecule has 1 aromatic heterocycles. The van der Waals surface area contributed by atoms with Gasteiger partial charge in [0.2, 0.25) is 5.95 Å². The zero-order valence-electron chi connectivity index (χ0n) is 7.87. The number of anilines is 1. The van der Waals surface area contributed by atoms with Gasteiger partial charge in [-0.15, -0.1) is 5.92 Å². The molecule has 0 bridgehead atoms. The number of hydrogen-bond acceptors (Lipinski definition) is 4. The molecule has 0 spiro atoms. The van der Waals surface area contributed by atoms with E-state index in [0.29, 0.717) is 12.5 Å². The molecule has 0 aromatic carbocycles. The highest BCUT2D eigenvalue weighted by Gasteiger charge is 2.10. The van der Waals surface area contributed by atoms with Gasteiger partial charge in [-0.25, -0.2) is 9.36 Å². The first-order chi connectivity index (χ1) is 6.16. The van der Waals surface area contributed by atoms with Gasteiger partial charge in [-0.3, -0.25) is 4.52 Å². The van der Waals surface area contributed by atoms with Crippen molar-refractivity contribution < 1.29 is 4.52 Å². The smallest absolute Gasteiger partial charge is 0.346 e. The van der Waals surface area contributed by atoms with Crippen LogP contribution in [-0.2, 0) is 6.54 Å². The molecule has 1 aromatic rings. The van der Waals surface area contributed by atoms with Crippen molar-refractivity contribution >= 4 is 5.95 Å². The van der Waals surface area contributed by atoms with Crippen LogP contribution in [0.1, 0.15) is 6.92 Å². The molecule has 0 saturated carbocycles. The fraction of sp³-hybridized carbons (Fsp3) is 0.500. The highest BCUT2D eigenvalue weighted by molar-refractivity contribution is 5.25. The number of nitrogens with zero attached hydrogens (tertiary/aromatic N) is 3. The van der Waals surface area contributed by atoms with Gasteiger partial charge in [-0.1, -0.05) is 5.92 Å². The lowest BCUT2D eigenvalue weighted by molar-refractivity contribution is 0.378. The molecule has 0 aliphatic heterocycles. The Morgan fingerprint density at radius 1 is 1.62 bits per heavy atom. The van der Waals surface area contributed by atoms with Crippen molar-refractivity contribution in [3.63, 3.8) is 0 Å². The van der Waals surface area contributed by atoms with Crippen molar-refractivity contribution in [2.45, 2.75) is 13.5 Å². The Bertz CT molecular complexity index is 392. The normalized spacial score (nSPS) is 9.15. The third-order valence-electron chi connectivity index (χ3n) is 1.48. The fourth-order valence-electron chi connectivity index (χ4n) is 0.877. The third kappa shape index (κ3) is 1.90. The molecule has 1 rings (SSSR count). The molecule has 0 atom stereocenters. The fourth-order valence-corrected chi connectivity index (χ4v) is 0.877. The van der Waals surface area contributed by atoms with Crippen LogP contribution in [0.4, 0.5) is 5.95 Å². The van der Waals surface area contributed by atoms with Crippen LogP contribution >= 0.6 is 0 Å². The van der Waals surface area contributed by atoms with Gasteiger partial charge in [0.15, 0.2) is 0 Å². The van der Waals surface area contributed by atoms with Gasteiger partial charge in [0.25, 0.3) is 0 Å². The van der Waals surface area contributed by atoms with Crippen LogP contribution in [-0.4, -0.2) is 23.8 Å². The van der Waals surface area contributed by atoms with E-state index in [1.54, 1.807) is 25.9 Å². The van der Waals surface area contributed by atoms with Gasteiger partial charge in [-0.05, 0) is 12.1 Å². The molecular formula is C8H11N3O2. The Hall–Kier alpha value is -1.70. The predicted molar refractivity (Wildman–Crippen MR) is 48.5 cm³/mol. The van der Waals surface area contributed by atoms with E-state index in [0.717, 1.165) is 0 Å². The van der Waals surface area contributed by atoms with E-state index in [1.165, 1.54) is 4.57 Å². The summed E-state index contributed by atoms with van der Waals surface area (Å²) in [5.74, 6) is 5.47. The summed E-state index contributed by atoms with van der Waals surface area (Å²) in [6.07, 6.45) is 0. The van der Waals surface area contributed by atoms with Crippen molar-refractivity contribution in [3.05, 3.63) is 10.6 Å². The quantitative estimate of drug-likeness (QED) is 0.599. The lowest BCUT2D eigenvalue weighted by Gasteiger charge is -2.08. The third-order valence-corrected chi connectivity index (χ3v) is 1.48. The summed E-state index contributed by atoms with van der Waals surface area (Å²) in [6.45, 7) is 2.03. The van der Waals surface area contributed by atoms with Gasteiger partial charge < -0.3 is 4.90 Å². The first-order valence-corrected chi connectivity index (χ1v) is 3.80. The maximum Gasteiger partial charge on any atom is 0.443 e. The molecule has 0 saturated heterocycles. The van der Waals surface area contributed by atoms with Crippen LogP contribution in [0.3, 0.4) is 0 Å². The average molecular weight is 181 g/mol. The minimum atomic E-state index is -0.480. The van der Waals surface area contributed by atoms with Crippen LogP contribution < -0.4 is 10.7 Å². The van der Waals surface area contributed by atoms with Gasteiger partial charge in [0.1, 0.15) is 0 Å². The summed E-state index contributed by atoms with van der Waals surface area (Å²) >= 11 is 0. The van der Waals surface area contributed by atoms with E-state index in [-0.39, 0.29) is 0 Å². The summed E-state index contributed by atoms with van der Waals surface area (Å²) in [5.41, 5.74) is 0. The van der Waals surface area contributed by atoms with E-state index < -0.39 is 5.76 Å². The molecule has 70 valence electrons. The van der Waals surface area contributed by atoms with Crippen LogP contribution in [0.25, 0.3) is 0 Å². The van der Waals surface area contributed by atoms with Crippen molar-refractivity contribution in [2.24, 2.45) is 0 Å². The molecule has 0 N–H and O–H groups in total. The molecule has 1 heterocycles. The molecule has 0 radical (unpaired) electrons. The molecule has 0 unspecified atom stereocenters. The van der Waals surface area contributed by atoms with E-state index in [4.69, 9.17) is 0 Å². The Labute approximate surface area is 75.9 Å². The molecule has 5 heteroatoms. The molecule has 0 aliphatic carbocycles. The summed E-state index contributed by atoms with van der Waals surface area (Å²) in [5, 5.41) is 3.60. The summed E-state index contributed by atoms with van der Waals surface area (Å²) in [4.78, 5) is 12.8. The molecule has 13 heavy (non-hydrogen) atoms. The number of hydrogen-bond donors (Lipinski definition) is 0. The van der Waals surface area contributed by atoms with Crippen molar-refractivity contribution in [1.29, 1.82) is 0 Å². The van der Waals surface area contributed by atoms with Crippen molar-refractivity contribution in [1.82, 2.24) is 9.72 Å². The maximum atomic E-state index is 11.1. The van der Waals surface area contributed by atoms with E-state index >= 15 is 0 Å². The number of rotatable bonds is 2. The van der Waals surface area contributed by atoms with E-state index in [2.05, 4.69) is 21.5 Å². The molecule has 0 fully saturated rings. The average Bonchev–Trinajstić information content (AvgIpc) is 2.43. The first-order valence-electron chi connectivity index (χ1n) is 3.80. The zero-order valence-corrected chi connectivity index (χ0v) is 7.87. The lowest BCUT2D eigenvalue weighted by Crippen LogP contribution is -2.21. The van der Waals surface area contributed by atoms with E-state index in [1.807, 2.05) is 0 Å². The minimum absolute atomic E-state index is 0.312. The highest BCUT2D eigenvalue weighted by atomic mass is 16.5. The standard InChI is InChI=1S/C8H11N3O2/c1-4-5-6-11-7(10(2)3)9-13-8(11)12/h6H2,1-3H3. The van der Waals surface area contributed by atoms with Gasteiger partial charge >= 0.3 is 5.76 Å². The van der Waals surface area contributed by atoms with Crippen molar-refractivity contribution in [3.8, 4) is 11.8 Å². The van der Waals surface area contributed by atoms with Gasteiger partial charge in [0, 0.05) is 14.1 Å². The Morgan fingerprint density at radius 3 is 2.85 bits per heavy atom. The van der Waals surface area contributed by atoms with Crippen molar-refractivity contribution in [2.75, 3.05) is 19.0 Å². The van der Waals surface area contributed by atoms with Gasteiger partial charge in [0.05, 0.1) is 6.54 Å². The van der Waals surface area contributed by atoms with Crippen LogP contribution in [0.2, 0.25) is 0 Å². The second-order valence-electron chi connectivity index (χ2n) is 2.66. The molecule has 5 nitrogen and oxygen atoms in total. The highest BCUT2D eigenvalue weighted by Crippen LogP contribution is 2.02. The van der Waals surface area contributed by atoms with Crippen LogP contribution in [0.5, 0.6) is 0 Å². The zero-order chi connectivity index (χ0) is 9.84. The summed E-state index contributed by atoms with van der Waals surface area (Å²) in [7, 11) is 3.57. The Kier molecular flexibility index (Phi) is 2.75. The summed E-state index contributed by atoms with van der Waals surface area (Å²) < 4.78 is 5.87. The second kappa shape index (κ2) is 3.81. The monoisotopic (exact) mass is 181 g/mol. The maximum absolute atomic E-state index is 11.1. The molecule has 0 aliphatic rings. The SMILES string of the molecule is CC#CCn1c(N(C)C)noc1=O. The first kappa shape index (κ1) is 9.39. The van der Waals surface area contributed by atoms with E-state index in [9.17, 15) is 4.79 Å². The largest absolute Gasteiger partial charge is 0.443 e. The lowest BCUT2D eigenvalue weighted by atomic mass is 10.6. The minimum Gasteiger partial charge on any atom is -0.346 e. The van der Waals surface area contributed by atoms with Crippen LogP contribution in [0, 0.1) is 11.8 Å².